The summed E-state index contributed by atoms with van der Waals surface area (Å²) in [6.45, 7) is 3.08. The molecule has 116 valence electrons. The Morgan fingerprint density at radius 3 is 2.57 bits per heavy atom. The van der Waals surface area contributed by atoms with Gasteiger partial charge in [0.2, 0.25) is 5.91 Å². The number of hydrogen-bond donors (Lipinski definition) is 0. The fourth-order valence-corrected chi connectivity index (χ4v) is 2.36. The first kappa shape index (κ1) is 15.8. The van der Waals surface area contributed by atoms with Crippen LogP contribution in [0.4, 0.5) is 13.2 Å². The topological polar surface area (TPSA) is 29.5 Å². The van der Waals surface area contributed by atoms with E-state index < -0.39 is 11.7 Å². The predicted octanol–water partition coefficient (Wildman–Crippen LogP) is 3.23. The Bertz CT molecular complexity index is 485. The summed E-state index contributed by atoms with van der Waals surface area (Å²) in [5.74, 6) is 0.0258. The lowest BCUT2D eigenvalue weighted by atomic mass is 10.1. The molecule has 1 unspecified atom stereocenters. The minimum Gasteiger partial charge on any atom is -0.372 e. The van der Waals surface area contributed by atoms with E-state index >= 15 is 0 Å². The average molecular weight is 301 g/mol. The van der Waals surface area contributed by atoms with E-state index in [4.69, 9.17) is 4.74 Å². The highest BCUT2D eigenvalue weighted by atomic mass is 19.4. The number of benzene rings is 1. The predicted molar refractivity (Wildman–Crippen MR) is 71.5 cm³/mol. The van der Waals surface area contributed by atoms with Crippen LogP contribution in [0.25, 0.3) is 0 Å². The van der Waals surface area contributed by atoms with Gasteiger partial charge in [-0.2, -0.15) is 13.2 Å². The maximum atomic E-state index is 12.4. The molecule has 6 heteroatoms. The van der Waals surface area contributed by atoms with Gasteiger partial charge in [0, 0.05) is 20.0 Å². The maximum absolute atomic E-state index is 12.4. The van der Waals surface area contributed by atoms with Gasteiger partial charge < -0.3 is 9.64 Å². The summed E-state index contributed by atoms with van der Waals surface area (Å²) in [5.41, 5.74) is 0.0367. The summed E-state index contributed by atoms with van der Waals surface area (Å²) in [6, 6.07) is 4.96. The third-order valence-corrected chi connectivity index (χ3v) is 3.59. The van der Waals surface area contributed by atoms with Gasteiger partial charge in [-0.25, -0.2) is 0 Å². The summed E-state index contributed by atoms with van der Waals surface area (Å²) >= 11 is 0. The van der Waals surface area contributed by atoms with Crippen molar-refractivity contribution in [3.63, 3.8) is 0 Å². The lowest BCUT2D eigenvalue weighted by molar-refractivity contribution is -0.137. The van der Waals surface area contributed by atoms with Crippen LogP contribution in [0, 0.1) is 0 Å². The molecule has 21 heavy (non-hydrogen) atoms. The van der Waals surface area contributed by atoms with E-state index in [0.29, 0.717) is 12.1 Å². The minimum atomic E-state index is -4.31. The van der Waals surface area contributed by atoms with E-state index in [1.165, 1.54) is 19.1 Å². The highest BCUT2D eigenvalue weighted by Gasteiger charge is 2.30. The number of ether oxygens (including phenoxy) is 1. The number of carbonyl (C=O) groups is 1. The lowest BCUT2D eigenvalue weighted by Gasteiger charge is -2.32. The first-order chi connectivity index (χ1) is 9.86. The van der Waals surface area contributed by atoms with Crippen molar-refractivity contribution in [2.24, 2.45) is 0 Å². The second kappa shape index (κ2) is 6.47. The summed E-state index contributed by atoms with van der Waals surface area (Å²) in [4.78, 5) is 13.1. The zero-order chi connectivity index (χ0) is 15.5. The average Bonchev–Trinajstić information content (AvgIpc) is 2.45. The van der Waals surface area contributed by atoms with Crippen LogP contribution in [0.1, 0.15) is 30.9 Å². The molecule has 3 nitrogen and oxygen atoms in total. The normalized spacial score (nSPS) is 19.6. The molecule has 1 aromatic carbocycles. The molecule has 1 heterocycles. The summed E-state index contributed by atoms with van der Waals surface area (Å²) < 4.78 is 43.0. The van der Waals surface area contributed by atoms with Crippen LogP contribution >= 0.6 is 0 Å². The van der Waals surface area contributed by atoms with Gasteiger partial charge in [-0.15, -0.1) is 0 Å². The monoisotopic (exact) mass is 301 g/mol. The van der Waals surface area contributed by atoms with E-state index in [2.05, 4.69) is 0 Å². The molecule has 0 N–H and O–H groups in total. The fourth-order valence-electron chi connectivity index (χ4n) is 2.36. The maximum Gasteiger partial charge on any atom is 0.416 e. The standard InChI is InChI=1S/C15H18F3NO2/c1-11(20)19-8-2-3-14(9-19)21-10-12-4-6-13(7-5-12)15(16,17)18/h4-7,14H,2-3,8-10H2,1H3. The zero-order valence-electron chi connectivity index (χ0n) is 11.8. The number of halogens is 3. The van der Waals surface area contributed by atoms with Gasteiger partial charge in [0.05, 0.1) is 18.3 Å². The molecule has 2 rings (SSSR count). The first-order valence-corrected chi connectivity index (χ1v) is 6.89. The smallest absolute Gasteiger partial charge is 0.372 e. The lowest BCUT2D eigenvalue weighted by Crippen LogP contribution is -2.42. The Hall–Kier alpha value is -1.56. The Morgan fingerprint density at radius 1 is 1.33 bits per heavy atom. The molecule has 0 spiro atoms. The summed E-state index contributed by atoms with van der Waals surface area (Å²) in [5, 5.41) is 0. The molecular weight excluding hydrogens is 283 g/mol. The van der Waals surface area contributed by atoms with Gasteiger partial charge in [0.25, 0.3) is 0 Å². The number of carbonyl (C=O) groups excluding carboxylic acids is 1. The highest BCUT2D eigenvalue weighted by Crippen LogP contribution is 2.29. The molecule has 1 aliphatic heterocycles. The summed E-state index contributed by atoms with van der Waals surface area (Å²) in [6.07, 6.45) is -2.61. The molecule has 1 atom stereocenters. The van der Waals surface area contributed by atoms with Crippen molar-refractivity contribution in [2.75, 3.05) is 13.1 Å². The van der Waals surface area contributed by atoms with Crippen molar-refractivity contribution < 1.29 is 22.7 Å². The molecule has 1 aliphatic rings. The number of rotatable bonds is 3. The van der Waals surface area contributed by atoms with Crippen LogP contribution in [0.3, 0.4) is 0 Å². The number of amides is 1. The van der Waals surface area contributed by atoms with Crippen molar-refractivity contribution in [1.82, 2.24) is 4.90 Å². The molecule has 0 bridgehead atoms. The van der Waals surface area contributed by atoms with E-state index in [9.17, 15) is 18.0 Å². The van der Waals surface area contributed by atoms with Gasteiger partial charge in [0.15, 0.2) is 0 Å². The van der Waals surface area contributed by atoms with Gasteiger partial charge in [-0.1, -0.05) is 12.1 Å². The third-order valence-electron chi connectivity index (χ3n) is 3.59. The Morgan fingerprint density at radius 2 is 2.00 bits per heavy atom. The molecule has 0 radical (unpaired) electrons. The number of hydrogen-bond acceptors (Lipinski definition) is 2. The number of nitrogens with zero attached hydrogens (tertiary/aromatic N) is 1. The minimum absolute atomic E-state index is 0.0258. The third kappa shape index (κ3) is 4.46. The van der Waals surface area contributed by atoms with Gasteiger partial charge >= 0.3 is 6.18 Å². The van der Waals surface area contributed by atoms with Crippen LogP contribution in [-0.4, -0.2) is 30.0 Å². The molecule has 0 aliphatic carbocycles. The quantitative estimate of drug-likeness (QED) is 0.858. The Labute approximate surface area is 121 Å². The van der Waals surface area contributed by atoms with Crippen LogP contribution in [0.5, 0.6) is 0 Å². The molecular formula is C15H18F3NO2. The molecule has 1 fully saturated rings. The van der Waals surface area contributed by atoms with Crippen molar-refractivity contribution in [3.8, 4) is 0 Å². The van der Waals surface area contributed by atoms with E-state index in [1.807, 2.05) is 0 Å². The highest BCUT2D eigenvalue weighted by molar-refractivity contribution is 5.73. The summed E-state index contributed by atoms with van der Waals surface area (Å²) in [7, 11) is 0. The van der Waals surface area contributed by atoms with Crippen molar-refractivity contribution in [1.29, 1.82) is 0 Å². The second-order valence-electron chi connectivity index (χ2n) is 5.23. The number of likely N-dealkylation sites (tertiary alicyclic amines) is 1. The van der Waals surface area contributed by atoms with Crippen LogP contribution in [-0.2, 0) is 22.3 Å². The van der Waals surface area contributed by atoms with Gasteiger partial charge in [-0.05, 0) is 30.5 Å². The van der Waals surface area contributed by atoms with Crippen LogP contribution in [0.2, 0.25) is 0 Å². The molecule has 0 aromatic heterocycles. The first-order valence-electron chi connectivity index (χ1n) is 6.89. The van der Waals surface area contributed by atoms with E-state index in [1.54, 1.807) is 4.90 Å². The van der Waals surface area contributed by atoms with E-state index in [-0.39, 0.29) is 18.6 Å². The van der Waals surface area contributed by atoms with E-state index in [0.717, 1.165) is 31.5 Å². The Balaban J connectivity index is 1.87. The number of alkyl halides is 3. The fraction of sp³-hybridized carbons (Fsp3) is 0.533. The molecule has 0 saturated carbocycles. The van der Waals surface area contributed by atoms with Crippen LogP contribution in [0.15, 0.2) is 24.3 Å². The van der Waals surface area contributed by atoms with Gasteiger partial charge in [-0.3, -0.25) is 4.79 Å². The SMILES string of the molecule is CC(=O)N1CCCC(OCc2ccc(C(F)(F)F)cc2)C1. The Kier molecular flexibility index (Phi) is 4.88. The largest absolute Gasteiger partial charge is 0.416 e. The van der Waals surface area contributed by atoms with Crippen molar-refractivity contribution in [3.05, 3.63) is 35.4 Å². The second-order valence-corrected chi connectivity index (χ2v) is 5.23. The molecule has 1 amide bonds. The van der Waals surface area contributed by atoms with Crippen molar-refractivity contribution in [2.45, 2.75) is 38.7 Å². The van der Waals surface area contributed by atoms with Crippen molar-refractivity contribution >= 4 is 5.91 Å². The van der Waals surface area contributed by atoms with Gasteiger partial charge in [0.1, 0.15) is 0 Å². The zero-order valence-corrected chi connectivity index (χ0v) is 11.8. The number of piperidine rings is 1. The molecule has 1 saturated heterocycles. The molecule has 1 aromatic rings. The van der Waals surface area contributed by atoms with Crippen LogP contribution < -0.4 is 0 Å².